The lowest BCUT2D eigenvalue weighted by atomic mass is 9.88. The Balaban J connectivity index is 1.32. The number of piperidine rings is 1. The maximum atomic E-state index is 4.52. The van der Waals surface area contributed by atoms with Crippen molar-refractivity contribution in [3.8, 4) is 0 Å². The maximum absolute atomic E-state index is 4.52. The fourth-order valence-electron chi connectivity index (χ4n) is 4.53. The summed E-state index contributed by atoms with van der Waals surface area (Å²) in [5.74, 6) is 3.99. The number of fused-ring (bicyclic) bond motifs is 1. The van der Waals surface area contributed by atoms with Gasteiger partial charge in [0.2, 0.25) is 0 Å². The summed E-state index contributed by atoms with van der Waals surface area (Å²) in [6.07, 6.45) is 9.83. The summed E-state index contributed by atoms with van der Waals surface area (Å²) < 4.78 is 2.37. The number of hydrogen-bond acceptors (Lipinski definition) is 4. The second-order valence-corrected chi connectivity index (χ2v) is 7.38. The number of aromatic nitrogens is 3. The Morgan fingerprint density at radius 1 is 0.955 bits per heavy atom. The Bertz CT molecular complexity index is 483. The molecule has 0 unspecified atom stereocenters. The van der Waals surface area contributed by atoms with Gasteiger partial charge in [-0.25, -0.2) is 0 Å². The normalized spacial score (nSPS) is 25.3. The van der Waals surface area contributed by atoms with E-state index in [4.69, 9.17) is 0 Å². The van der Waals surface area contributed by atoms with Gasteiger partial charge in [0, 0.05) is 25.6 Å². The van der Waals surface area contributed by atoms with E-state index in [1.807, 2.05) is 0 Å². The Kier molecular flexibility index (Phi) is 4.44. The first-order chi connectivity index (χ1) is 10.9. The van der Waals surface area contributed by atoms with Gasteiger partial charge in [-0.3, -0.25) is 0 Å². The van der Waals surface area contributed by atoms with E-state index in [9.17, 15) is 0 Å². The quantitative estimate of drug-likeness (QED) is 0.929. The number of hydrogen-bond donors (Lipinski definition) is 1. The third kappa shape index (κ3) is 3.06. The molecule has 1 aromatic rings. The van der Waals surface area contributed by atoms with Crippen molar-refractivity contribution in [2.45, 2.75) is 64.0 Å². The van der Waals surface area contributed by atoms with E-state index >= 15 is 0 Å². The molecule has 0 amide bonds. The van der Waals surface area contributed by atoms with E-state index in [1.165, 1.54) is 70.4 Å². The Morgan fingerprint density at radius 2 is 1.77 bits per heavy atom. The molecule has 2 aliphatic heterocycles. The summed E-state index contributed by atoms with van der Waals surface area (Å²) in [6, 6.07) is 0. The molecule has 0 atom stereocenters. The molecule has 0 aromatic carbocycles. The molecule has 1 N–H and O–H groups in total. The van der Waals surface area contributed by atoms with Crippen LogP contribution < -0.4 is 5.32 Å². The zero-order valence-corrected chi connectivity index (χ0v) is 13.6. The minimum Gasteiger partial charge on any atom is -0.312 e. The lowest BCUT2D eigenvalue weighted by Gasteiger charge is -2.35. The molecule has 3 aliphatic rings. The van der Waals surface area contributed by atoms with Crippen LogP contribution in [-0.4, -0.2) is 45.8 Å². The molecule has 1 aliphatic carbocycles. The van der Waals surface area contributed by atoms with Gasteiger partial charge < -0.3 is 14.8 Å². The molecule has 1 aromatic heterocycles. The SMILES string of the molecule is C1CCC(CN2CCC(c3nnc4n3CCNC4)CC2)CC1. The number of nitrogens with one attached hydrogen (secondary N) is 1. The highest BCUT2D eigenvalue weighted by atomic mass is 15.3. The summed E-state index contributed by atoms with van der Waals surface area (Å²) in [4.78, 5) is 2.71. The Labute approximate surface area is 133 Å². The predicted molar refractivity (Wildman–Crippen MR) is 86.7 cm³/mol. The average molecular weight is 303 g/mol. The van der Waals surface area contributed by atoms with Crippen molar-refractivity contribution in [1.82, 2.24) is 25.0 Å². The fourth-order valence-corrected chi connectivity index (χ4v) is 4.53. The highest BCUT2D eigenvalue weighted by Gasteiger charge is 2.28. The van der Waals surface area contributed by atoms with Gasteiger partial charge in [0.15, 0.2) is 0 Å². The molecular formula is C17H29N5. The van der Waals surface area contributed by atoms with Crippen LogP contribution >= 0.6 is 0 Å². The molecule has 5 heteroatoms. The van der Waals surface area contributed by atoms with Crippen LogP contribution in [0.15, 0.2) is 0 Å². The Morgan fingerprint density at radius 3 is 2.59 bits per heavy atom. The summed E-state index contributed by atoms with van der Waals surface area (Å²) in [5, 5.41) is 12.3. The summed E-state index contributed by atoms with van der Waals surface area (Å²) in [5.41, 5.74) is 0. The molecule has 22 heavy (non-hydrogen) atoms. The topological polar surface area (TPSA) is 46.0 Å². The van der Waals surface area contributed by atoms with Crippen LogP contribution in [0.4, 0.5) is 0 Å². The molecule has 1 saturated carbocycles. The molecule has 2 fully saturated rings. The van der Waals surface area contributed by atoms with Crippen molar-refractivity contribution in [2.75, 3.05) is 26.2 Å². The predicted octanol–water partition coefficient (Wildman–Crippen LogP) is 2.14. The fraction of sp³-hybridized carbons (Fsp3) is 0.882. The number of likely N-dealkylation sites (tertiary alicyclic amines) is 1. The van der Waals surface area contributed by atoms with Crippen LogP contribution in [0.25, 0.3) is 0 Å². The maximum Gasteiger partial charge on any atom is 0.147 e. The monoisotopic (exact) mass is 303 g/mol. The Hall–Kier alpha value is -0.940. The van der Waals surface area contributed by atoms with Gasteiger partial charge in [-0.2, -0.15) is 0 Å². The van der Waals surface area contributed by atoms with Crippen molar-refractivity contribution in [3.05, 3.63) is 11.6 Å². The standard InChI is InChI=1S/C17H29N5/c1-2-4-14(5-3-1)13-21-9-6-15(7-10-21)17-20-19-16-12-18-8-11-22(16)17/h14-15,18H,1-13H2. The van der Waals surface area contributed by atoms with Crippen molar-refractivity contribution in [2.24, 2.45) is 5.92 Å². The second kappa shape index (κ2) is 6.67. The van der Waals surface area contributed by atoms with Crippen molar-refractivity contribution in [1.29, 1.82) is 0 Å². The van der Waals surface area contributed by atoms with Gasteiger partial charge in [-0.1, -0.05) is 19.3 Å². The highest BCUT2D eigenvalue weighted by molar-refractivity contribution is 5.05. The smallest absolute Gasteiger partial charge is 0.147 e. The molecule has 0 bridgehead atoms. The van der Waals surface area contributed by atoms with E-state index < -0.39 is 0 Å². The first-order valence-electron chi connectivity index (χ1n) is 9.25. The third-order valence-corrected chi connectivity index (χ3v) is 5.85. The largest absolute Gasteiger partial charge is 0.312 e. The van der Waals surface area contributed by atoms with Crippen LogP contribution in [0.5, 0.6) is 0 Å². The first-order valence-corrected chi connectivity index (χ1v) is 9.25. The molecule has 3 heterocycles. The zero-order valence-electron chi connectivity index (χ0n) is 13.6. The van der Waals surface area contributed by atoms with E-state index in [-0.39, 0.29) is 0 Å². The summed E-state index contributed by atoms with van der Waals surface area (Å²) in [6.45, 7) is 6.82. The third-order valence-electron chi connectivity index (χ3n) is 5.85. The molecule has 1 saturated heterocycles. The van der Waals surface area contributed by atoms with Crippen LogP contribution in [0, 0.1) is 5.92 Å². The highest BCUT2D eigenvalue weighted by Crippen LogP contribution is 2.30. The van der Waals surface area contributed by atoms with Crippen molar-refractivity contribution < 1.29 is 0 Å². The van der Waals surface area contributed by atoms with Gasteiger partial charge in [-0.05, 0) is 44.7 Å². The molecule has 5 nitrogen and oxygen atoms in total. The molecular weight excluding hydrogens is 274 g/mol. The van der Waals surface area contributed by atoms with Gasteiger partial charge in [-0.15, -0.1) is 10.2 Å². The second-order valence-electron chi connectivity index (χ2n) is 7.38. The number of nitrogens with zero attached hydrogens (tertiary/aromatic N) is 4. The van der Waals surface area contributed by atoms with Crippen LogP contribution in [0.3, 0.4) is 0 Å². The van der Waals surface area contributed by atoms with Gasteiger partial charge >= 0.3 is 0 Å². The minimum atomic E-state index is 0.627. The molecule has 0 radical (unpaired) electrons. The molecule has 4 rings (SSSR count). The van der Waals surface area contributed by atoms with E-state index in [1.54, 1.807) is 0 Å². The zero-order chi connectivity index (χ0) is 14.8. The van der Waals surface area contributed by atoms with Crippen LogP contribution in [0.1, 0.15) is 62.5 Å². The van der Waals surface area contributed by atoms with E-state index in [0.717, 1.165) is 31.4 Å². The van der Waals surface area contributed by atoms with Gasteiger partial charge in [0.05, 0.1) is 6.54 Å². The lowest BCUT2D eigenvalue weighted by Crippen LogP contribution is -2.38. The minimum absolute atomic E-state index is 0.627. The average Bonchev–Trinajstić information content (AvgIpc) is 3.01. The summed E-state index contributed by atoms with van der Waals surface area (Å²) in [7, 11) is 0. The molecule has 0 spiro atoms. The van der Waals surface area contributed by atoms with Crippen LogP contribution in [0.2, 0.25) is 0 Å². The first kappa shape index (κ1) is 14.6. The van der Waals surface area contributed by atoms with Crippen molar-refractivity contribution >= 4 is 0 Å². The van der Waals surface area contributed by atoms with E-state index in [2.05, 4.69) is 25.0 Å². The van der Waals surface area contributed by atoms with Gasteiger partial charge in [0.1, 0.15) is 11.6 Å². The number of rotatable bonds is 3. The van der Waals surface area contributed by atoms with Crippen molar-refractivity contribution in [3.63, 3.8) is 0 Å². The lowest BCUT2D eigenvalue weighted by molar-refractivity contribution is 0.161. The summed E-state index contributed by atoms with van der Waals surface area (Å²) >= 11 is 0. The van der Waals surface area contributed by atoms with Gasteiger partial charge in [0.25, 0.3) is 0 Å². The van der Waals surface area contributed by atoms with Crippen LogP contribution in [-0.2, 0) is 13.1 Å². The molecule has 122 valence electrons. The van der Waals surface area contributed by atoms with E-state index in [0.29, 0.717) is 5.92 Å².